The summed E-state index contributed by atoms with van der Waals surface area (Å²) in [5, 5.41) is 6.58. The fourth-order valence-electron chi connectivity index (χ4n) is 2.17. The Morgan fingerprint density at radius 1 is 1.30 bits per heavy atom. The standard InChI is InChI=1S/C15H13N3O5/c1-9-6-10(17-23-9)8-22-13(19)7-18-15(21)12-5-3-2-4-11(12)14(20)16-18/h2-6H,7-8H2,1H3,(H,16,20). The van der Waals surface area contributed by atoms with Crippen molar-refractivity contribution in [3.8, 4) is 0 Å². The van der Waals surface area contributed by atoms with Crippen LogP contribution in [-0.4, -0.2) is 20.9 Å². The van der Waals surface area contributed by atoms with E-state index in [9.17, 15) is 14.4 Å². The Bertz CT molecular complexity index is 982. The Morgan fingerprint density at radius 3 is 2.74 bits per heavy atom. The third kappa shape index (κ3) is 3.05. The zero-order valence-corrected chi connectivity index (χ0v) is 12.2. The first-order valence-corrected chi connectivity index (χ1v) is 6.84. The van der Waals surface area contributed by atoms with Crippen molar-refractivity contribution < 1.29 is 14.1 Å². The maximum absolute atomic E-state index is 12.3. The molecule has 3 rings (SSSR count). The minimum Gasteiger partial charge on any atom is -0.458 e. The van der Waals surface area contributed by atoms with E-state index in [1.54, 1.807) is 31.2 Å². The predicted molar refractivity (Wildman–Crippen MR) is 79.9 cm³/mol. The lowest BCUT2D eigenvalue weighted by Gasteiger charge is -2.06. The number of aromatic amines is 1. The molecular weight excluding hydrogens is 302 g/mol. The molecule has 0 atom stereocenters. The number of esters is 1. The Balaban J connectivity index is 1.78. The van der Waals surface area contributed by atoms with Crippen LogP contribution in [0.3, 0.4) is 0 Å². The summed E-state index contributed by atoms with van der Waals surface area (Å²) in [6, 6.07) is 8.03. The number of aromatic nitrogens is 3. The van der Waals surface area contributed by atoms with E-state index in [1.807, 2.05) is 0 Å². The summed E-state index contributed by atoms with van der Waals surface area (Å²) in [4.78, 5) is 36.0. The Morgan fingerprint density at radius 2 is 2.04 bits per heavy atom. The summed E-state index contributed by atoms with van der Waals surface area (Å²) in [5.41, 5.74) is -0.440. The van der Waals surface area contributed by atoms with E-state index in [0.29, 0.717) is 11.5 Å². The third-order valence-electron chi connectivity index (χ3n) is 3.23. The van der Waals surface area contributed by atoms with Crippen LogP contribution in [0.25, 0.3) is 10.8 Å². The second-order valence-electron chi connectivity index (χ2n) is 4.97. The van der Waals surface area contributed by atoms with E-state index in [4.69, 9.17) is 9.26 Å². The van der Waals surface area contributed by atoms with Crippen LogP contribution < -0.4 is 11.1 Å². The highest BCUT2D eigenvalue weighted by atomic mass is 16.5. The highest BCUT2D eigenvalue weighted by molar-refractivity contribution is 5.80. The van der Waals surface area contributed by atoms with Gasteiger partial charge in [0.05, 0.1) is 10.8 Å². The van der Waals surface area contributed by atoms with Crippen LogP contribution in [0.4, 0.5) is 0 Å². The molecule has 2 aromatic heterocycles. The van der Waals surface area contributed by atoms with E-state index >= 15 is 0 Å². The lowest BCUT2D eigenvalue weighted by atomic mass is 10.2. The van der Waals surface area contributed by atoms with Crippen molar-refractivity contribution >= 4 is 16.7 Å². The molecule has 1 N–H and O–H groups in total. The van der Waals surface area contributed by atoms with Gasteiger partial charge in [-0.15, -0.1) is 0 Å². The number of carbonyl (C=O) groups is 1. The topological polar surface area (TPSA) is 107 Å². The summed E-state index contributed by atoms with van der Waals surface area (Å²) in [5.74, 6) is -0.0650. The van der Waals surface area contributed by atoms with Crippen LogP contribution in [0, 0.1) is 6.92 Å². The predicted octanol–water partition coefficient (Wildman–Crippen LogP) is 0.730. The highest BCUT2D eigenvalue weighted by Gasteiger charge is 2.12. The molecule has 0 spiro atoms. The molecule has 2 heterocycles. The molecule has 0 aliphatic carbocycles. The fourth-order valence-corrected chi connectivity index (χ4v) is 2.17. The SMILES string of the molecule is Cc1cc(COC(=O)Cn2[nH]c(=O)c3ccccc3c2=O)no1. The molecule has 3 aromatic rings. The van der Waals surface area contributed by atoms with E-state index in [2.05, 4.69) is 10.3 Å². The van der Waals surface area contributed by atoms with Crippen LogP contribution in [0.15, 0.2) is 44.4 Å². The molecule has 118 valence electrons. The number of carbonyl (C=O) groups excluding carboxylic acids is 1. The highest BCUT2D eigenvalue weighted by Crippen LogP contribution is 2.04. The molecule has 0 aliphatic heterocycles. The van der Waals surface area contributed by atoms with Crippen LogP contribution >= 0.6 is 0 Å². The molecule has 0 aliphatic rings. The number of ether oxygens (including phenoxy) is 1. The number of rotatable bonds is 4. The molecular formula is C15H13N3O5. The monoisotopic (exact) mass is 315 g/mol. The third-order valence-corrected chi connectivity index (χ3v) is 3.23. The molecule has 0 saturated heterocycles. The summed E-state index contributed by atoms with van der Waals surface area (Å²) in [6.07, 6.45) is 0. The molecule has 0 amide bonds. The first kappa shape index (κ1) is 14.8. The zero-order chi connectivity index (χ0) is 16.4. The first-order valence-electron chi connectivity index (χ1n) is 6.84. The number of hydrogen-bond donors (Lipinski definition) is 1. The van der Waals surface area contributed by atoms with E-state index < -0.39 is 23.6 Å². The van der Waals surface area contributed by atoms with Gasteiger partial charge in [0, 0.05) is 6.07 Å². The number of fused-ring (bicyclic) bond motifs is 1. The molecule has 1 aromatic carbocycles. The molecule has 8 nitrogen and oxygen atoms in total. The van der Waals surface area contributed by atoms with Gasteiger partial charge in [-0.2, -0.15) is 0 Å². The Kier molecular flexibility index (Phi) is 3.80. The number of benzene rings is 1. The van der Waals surface area contributed by atoms with Gasteiger partial charge in [0.15, 0.2) is 0 Å². The van der Waals surface area contributed by atoms with E-state index in [1.165, 1.54) is 6.07 Å². The van der Waals surface area contributed by atoms with Crippen molar-refractivity contribution in [1.29, 1.82) is 0 Å². The second kappa shape index (κ2) is 5.91. The molecule has 23 heavy (non-hydrogen) atoms. The fraction of sp³-hybridized carbons (Fsp3) is 0.200. The summed E-state index contributed by atoms with van der Waals surface area (Å²) >= 11 is 0. The van der Waals surface area contributed by atoms with Gasteiger partial charge in [0.25, 0.3) is 11.1 Å². The number of hydrogen-bond acceptors (Lipinski definition) is 6. The van der Waals surface area contributed by atoms with Crippen molar-refractivity contribution in [2.75, 3.05) is 0 Å². The maximum Gasteiger partial charge on any atom is 0.328 e. The minimum atomic E-state index is -0.668. The van der Waals surface area contributed by atoms with Gasteiger partial charge in [0.2, 0.25) is 0 Å². The smallest absolute Gasteiger partial charge is 0.328 e. The molecule has 8 heteroatoms. The summed E-state index contributed by atoms with van der Waals surface area (Å²) in [7, 11) is 0. The zero-order valence-electron chi connectivity index (χ0n) is 12.2. The second-order valence-corrected chi connectivity index (χ2v) is 4.97. The van der Waals surface area contributed by atoms with E-state index in [-0.39, 0.29) is 17.4 Å². The van der Waals surface area contributed by atoms with Gasteiger partial charge in [-0.05, 0) is 19.1 Å². The van der Waals surface area contributed by atoms with Gasteiger partial charge in [-0.3, -0.25) is 19.5 Å². The Hall–Kier alpha value is -3.16. The van der Waals surface area contributed by atoms with Gasteiger partial charge in [0.1, 0.15) is 24.6 Å². The lowest BCUT2D eigenvalue weighted by molar-refractivity contribution is -0.146. The van der Waals surface area contributed by atoms with Crippen molar-refractivity contribution in [1.82, 2.24) is 14.9 Å². The van der Waals surface area contributed by atoms with Crippen molar-refractivity contribution in [3.05, 3.63) is 62.5 Å². The average molecular weight is 315 g/mol. The van der Waals surface area contributed by atoms with Crippen LogP contribution in [0.1, 0.15) is 11.5 Å². The van der Waals surface area contributed by atoms with Crippen LogP contribution in [0.5, 0.6) is 0 Å². The first-order chi connectivity index (χ1) is 11.0. The van der Waals surface area contributed by atoms with Gasteiger partial charge < -0.3 is 9.26 Å². The van der Waals surface area contributed by atoms with Crippen LogP contribution in [0.2, 0.25) is 0 Å². The maximum atomic E-state index is 12.3. The summed E-state index contributed by atoms with van der Waals surface area (Å²) in [6.45, 7) is 1.26. The molecule has 0 fully saturated rings. The van der Waals surface area contributed by atoms with Crippen molar-refractivity contribution in [3.63, 3.8) is 0 Å². The van der Waals surface area contributed by atoms with Gasteiger partial charge in [-0.1, -0.05) is 17.3 Å². The Labute approximate surface area is 129 Å². The van der Waals surface area contributed by atoms with Crippen molar-refractivity contribution in [2.45, 2.75) is 20.1 Å². The number of H-pyrrole nitrogens is 1. The summed E-state index contributed by atoms with van der Waals surface area (Å²) < 4.78 is 10.8. The molecule has 0 saturated carbocycles. The average Bonchev–Trinajstić information content (AvgIpc) is 2.96. The largest absolute Gasteiger partial charge is 0.458 e. The number of nitrogens with one attached hydrogen (secondary N) is 1. The molecule has 0 radical (unpaired) electrons. The van der Waals surface area contributed by atoms with Gasteiger partial charge in [-0.25, -0.2) is 4.68 Å². The van der Waals surface area contributed by atoms with Crippen molar-refractivity contribution in [2.24, 2.45) is 0 Å². The van der Waals surface area contributed by atoms with Crippen LogP contribution in [-0.2, 0) is 22.7 Å². The lowest BCUT2D eigenvalue weighted by Crippen LogP contribution is -2.32. The normalized spacial score (nSPS) is 10.8. The van der Waals surface area contributed by atoms with Gasteiger partial charge >= 0.3 is 5.97 Å². The number of aryl methyl sites for hydroxylation is 1. The molecule has 0 bridgehead atoms. The minimum absolute atomic E-state index is 0.0667. The molecule has 0 unspecified atom stereocenters. The van der Waals surface area contributed by atoms with E-state index in [0.717, 1.165) is 4.68 Å². The number of nitrogens with zero attached hydrogens (tertiary/aromatic N) is 2. The quantitative estimate of drug-likeness (QED) is 0.711.